The molecule has 0 saturated carbocycles. The van der Waals surface area contributed by atoms with E-state index in [9.17, 15) is 3.89 Å². The van der Waals surface area contributed by atoms with E-state index in [2.05, 4.69) is 9.97 Å². The molecule has 96 valence electrons. The van der Waals surface area contributed by atoms with Crippen molar-refractivity contribution >= 4 is 34.8 Å². The van der Waals surface area contributed by atoms with Gasteiger partial charge in [0, 0.05) is 35.1 Å². The predicted molar refractivity (Wildman–Crippen MR) is 76.8 cm³/mol. The summed E-state index contributed by atoms with van der Waals surface area (Å²) >= 11 is 6.01. The molecule has 0 saturated heterocycles. The highest BCUT2D eigenvalue weighted by Gasteiger charge is 2.12. The van der Waals surface area contributed by atoms with Crippen molar-refractivity contribution in [3.8, 4) is 11.3 Å². The van der Waals surface area contributed by atoms with Crippen LogP contribution in [-0.4, -0.2) is 13.9 Å². The van der Waals surface area contributed by atoms with Gasteiger partial charge in [-0.05, 0) is 25.1 Å². The first-order chi connectivity index (χ1) is 9.19. The number of aryl methyl sites for hydroxylation is 1. The Bertz CT molecular complexity index is 757. The van der Waals surface area contributed by atoms with Crippen LogP contribution in [0.15, 0.2) is 36.7 Å². The average Bonchev–Trinajstić information content (AvgIpc) is 2.76. The van der Waals surface area contributed by atoms with Gasteiger partial charge in [0.15, 0.2) is 12.3 Å². The molecule has 0 radical (unpaired) electrons. The lowest BCUT2D eigenvalue weighted by Crippen LogP contribution is -1.89. The molecule has 0 amide bonds. The summed E-state index contributed by atoms with van der Waals surface area (Å²) in [6, 6.07) is 7.31. The number of fused-ring (bicyclic) bond motifs is 1. The molecule has 0 fully saturated rings. The molecular weight excluding hydrogens is 285 g/mol. The number of halogens is 2. The molecule has 0 N–H and O–H groups in total. The number of nitrogens with zero attached hydrogens (tertiary/aromatic N) is 3. The van der Waals surface area contributed by atoms with E-state index in [0.717, 1.165) is 22.3 Å². The van der Waals surface area contributed by atoms with E-state index < -0.39 is 0 Å². The van der Waals surface area contributed by atoms with Crippen molar-refractivity contribution in [3.05, 3.63) is 47.5 Å². The van der Waals surface area contributed by atoms with Gasteiger partial charge in [-0.15, -0.1) is 3.89 Å². The summed E-state index contributed by atoms with van der Waals surface area (Å²) in [7, 11) is 0. The van der Waals surface area contributed by atoms with Crippen LogP contribution >= 0.6 is 23.9 Å². The molecule has 0 unspecified atom stereocenters. The highest BCUT2D eigenvalue weighted by atomic mass is 35.5. The van der Waals surface area contributed by atoms with E-state index in [0.29, 0.717) is 10.7 Å². The van der Waals surface area contributed by atoms with E-state index in [1.54, 1.807) is 18.5 Å². The van der Waals surface area contributed by atoms with Gasteiger partial charge < -0.3 is 0 Å². The van der Waals surface area contributed by atoms with E-state index in [-0.39, 0.29) is 12.3 Å². The zero-order chi connectivity index (χ0) is 13.4. The molecule has 0 spiro atoms. The molecule has 3 nitrogen and oxygen atoms in total. The van der Waals surface area contributed by atoms with Crippen LogP contribution in [0.3, 0.4) is 0 Å². The Labute approximate surface area is 118 Å². The Morgan fingerprint density at radius 3 is 2.84 bits per heavy atom. The Morgan fingerprint density at radius 1 is 1.26 bits per heavy atom. The Balaban J connectivity index is 2.29. The fraction of sp³-hybridized carbons (Fsp3) is 0.0769. The average molecular weight is 294 g/mol. The summed E-state index contributed by atoms with van der Waals surface area (Å²) in [6.45, 7) is 1.90. The van der Waals surface area contributed by atoms with Gasteiger partial charge >= 0.3 is 0 Å². The molecule has 0 aliphatic heterocycles. The standard InChI is InChI=1S/C13H9ClFN3S/c1-8-4-9(2-3-16-8)11-5-10-7-17-13(14)6-12(10)18(11)19-15/h2-7H,1H3. The van der Waals surface area contributed by atoms with Crippen LogP contribution < -0.4 is 0 Å². The minimum Gasteiger partial charge on any atom is -0.262 e. The van der Waals surface area contributed by atoms with Gasteiger partial charge in [0.25, 0.3) is 0 Å². The van der Waals surface area contributed by atoms with Crippen molar-refractivity contribution in [1.82, 2.24) is 13.9 Å². The molecular formula is C13H9ClFN3S. The lowest BCUT2D eigenvalue weighted by molar-refractivity contribution is 0.922. The summed E-state index contributed by atoms with van der Waals surface area (Å²) in [5, 5.41) is 1.19. The molecule has 0 bridgehead atoms. The first-order valence-electron chi connectivity index (χ1n) is 5.58. The topological polar surface area (TPSA) is 30.7 Å². The highest BCUT2D eigenvalue weighted by molar-refractivity contribution is 7.93. The zero-order valence-corrected chi connectivity index (χ0v) is 11.5. The maximum Gasteiger partial charge on any atom is 0.170 e. The Hall–Kier alpha value is -1.59. The molecule has 3 rings (SSSR count). The maximum atomic E-state index is 13.3. The third-order valence-corrected chi connectivity index (χ3v) is 3.61. The minimum atomic E-state index is 0.151. The quantitative estimate of drug-likeness (QED) is 0.654. The molecule has 6 heteroatoms. The van der Waals surface area contributed by atoms with Crippen LogP contribution in [0.25, 0.3) is 22.2 Å². The molecule has 0 aliphatic carbocycles. The van der Waals surface area contributed by atoms with E-state index in [4.69, 9.17) is 11.6 Å². The second-order valence-corrected chi connectivity index (χ2v) is 5.04. The van der Waals surface area contributed by atoms with Gasteiger partial charge in [-0.3, -0.25) is 8.96 Å². The summed E-state index contributed by atoms with van der Waals surface area (Å²) in [6.07, 6.45) is 3.35. The first-order valence-corrected chi connectivity index (χ1v) is 6.63. The SMILES string of the molecule is Cc1cc(-c2cc3cnc(Cl)cc3n2SF)ccn1. The van der Waals surface area contributed by atoms with Crippen LogP contribution in [-0.2, 0) is 0 Å². The van der Waals surface area contributed by atoms with Crippen LogP contribution in [0.4, 0.5) is 3.89 Å². The third-order valence-electron chi connectivity index (χ3n) is 2.87. The van der Waals surface area contributed by atoms with Gasteiger partial charge in [0.1, 0.15) is 5.15 Å². The predicted octanol–water partition coefficient (Wildman–Crippen LogP) is 4.44. The van der Waals surface area contributed by atoms with Gasteiger partial charge in [0.05, 0.1) is 11.2 Å². The molecule has 3 aromatic rings. The van der Waals surface area contributed by atoms with Crippen molar-refractivity contribution in [2.45, 2.75) is 6.92 Å². The lowest BCUT2D eigenvalue weighted by atomic mass is 10.2. The van der Waals surface area contributed by atoms with Crippen molar-refractivity contribution in [3.63, 3.8) is 0 Å². The second-order valence-electron chi connectivity index (χ2n) is 4.14. The molecule has 19 heavy (non-hydrogen) atoms. The largest absolute Gasteiger partial charge is 0.262 e. The Morgan fingerprint density at radius 2 is 2.11 bits per heavy atom. The number of hydrogen-bond acceptors (Lipinski definition) is 3. The first kappa shape index (κ1) is 12.4. The van der Waals surface area contributed by atoms with Gasteiger partial charge in [-0.2, -0.15) is 0 Å². The smallest absolute Gasteiger partial charge is 0.170 e. The monoisotopic (exact) mass is 293 g/mol. The maximum absolute atomic E-state index is 13.3. The van der Waals surface area contributed by atoms with Gasteiger partial charge in [-0.25, -0.2) is 4.98 Å². The number of pyridine rings is 2. The molecule has 3 heterocycles. The van der Waals surface area contributed by atoms with Gasteiger partial charge in [-0.1, -0.05) is 11.6 Å². The van der Waals surface area contributed by atoms with Crippen molar-refractivity contribution in [2.24, 2.45) is 0 Å². The number of rotatable bonds is 2. The fourth-order valence-electron chi connectivity index (χ4n) is 2.03. The number of hydrogen-bond donors (Lipinski definition) is 0. The minimum absolute atomic E-state index is 0.151. The summed E-state index contributed by atoms with van der Waals surface area (Å²) < 4.78 is 14.8. The molecule has 0 aliphatic rings. The van der Waals surface area contributed by atoms with Crippen LogP contribution in [0.1, 0.15) is 5.69 Å². The van der Waals surface area contributed by atoms with E-state index in [1.165, 1.54) is 3.97 Å². The highest BCUT2D eigenvalue weighted by Crippen LogP contribution is 2.33. The lowest BCUT2D eigenvalue weighted by Gasteiger charge is -2.04. The van der Waals surface area contributed by atoms with Crippen LogP contribution in [0.5, 0.6) is 0 Å². The Kier molecular flexibility index (Phi) is 3.16. The normalized spacial score (nSPS) is 11.1. The fourth-order valence-corrected chi connectivity index (χ4v) is 2.65. The van der Waals surface area contributed by atoms with Crippen LogP contribution in [0.2, 0.25) is 5.15 Å². The summed E-state index contributed by atoms with van der Waals surface area (Å²) in [5.74, 6) is 0. The molecule has 3 aromatic heterocycles. The van der Waals surface area contributed by atoms with Crippen molar-refractivity contribution in [1.29, 1.82) is 0 Å². The second kappa shape index (κ2) is 4.83. The number of aromatic nitrogens is 3. The third kappa shape index (κ3) is 2.19. The van der Waals surface area contributed by atoms with Gasteiger partial charge in [0.2, 0.25) is 0 Å². The molecule has 0 aromatic carbocycles. The summed E-state index contributed by atoms with van der Waals surface area (Å²) in [5.41, 5.74) is 3.26. The zero-order valence-electron chi connectivity index (χ0n) is 9.97. The van der Waals surface area contributed by atoms with E-state index >= 15 is 0 Å². The van der Waals surface area contributed by atoms with Crippen molar-refractivity contribution < 1.29 is 3.89 Å². The van der Waals surface area contributed by atoms with E-state index in [1.807, 2.05) is 25.1 Å². The van der Waals surface area contributed by atoms with Crippen LogP contribution in [0, 0.1) is 6.92 Å². The van der Waals surface area contributed by atoms with Crippen molar-refractivity contribution in [2.75, 3.05) is 0 Å². The molecule has 0 atom stereocenters. The summed E-state index contributed by atoms with van der Waals surface area (Å²) in [4.78, 5) is 8.16.